The van der Waals surface area contributed by atoms with Gasteiger partial charge in [0.15, 0.2) is 0 Å². The molecule has 0 spiro atoms. The molecule has 4 nitrogen and oxygen atoms in total. The Hall–Kier alpha value is -1.33. The molecule has 0 saturated heterocycles. The minimum atomic E-state index is 0.415. The summed E-state index contributed by atoms with van der Waals surface area (Å²) in [6, 6.07) is 9.09. The van der Waals surface area contributed by atoms with E-state index in [0.29, 0.717) is 6.04 Å². The standard InChI is InChI=1S/C16H24N4S/c1-4-8-17-14(10-16-18-12-19-20(16)3)11-21-15-7-5-6-13(2)9-15/h5-7,9,12,14,17H,4,8,10-11H2,1-3H3. The van der Waals surface area contributed by atoms with Gasteiger partial charge in [0.05, 0.1) is 0 Å². The molecular weight excluding hydrogens is 280 g/mol. The lowest BCUT2D eigenvalue weighted by atomic mass is 10.2. The molecule has 0 fully saturated rings. The second kappa shape index (κ2) is 8.20. The third-order valence-electron chi connectivity index (χ3n) is 3.36. The normalized spacial score (nSPS) is 12.5. The molecule has 1 N–H and O–H groups in total. The second-order valence-electron chi connectivity index (χ2n) is 5.28. The van der Waals surface area contributed by atoms with E-state index in [4.69, 9.17) is 0 Å². The van der Waals surface area contributed by atoms with E-state index >= 15 is 0 Å². The predicted octanol–water partition coefficient (Wildman–Crippen LogP) is 2.83. The van der Waals surface area contributed by atoms with Crippen LogP contribution in [0.15, 0.2) is 35.5 Å². The van der Waals surface area contributed by atoms with Crippen molar-refractivity contribution in [2.24, 2.45) is 7.05 Å². The van der Waals surface area contributed by atoms with Crippen LogP contribution in [0.25, 0.3) is 0 Å². The van der Waals surface area contributed by atoms with Gasteiger partial charge in [0.2, 0.25) is 0 Å². The van der Waals surface area contributed by atoms with Crippen molar-refractivity contribution in [1.82, 2.24) is 20.1 Å². The van der Waals surface area contributed by atoms with Gasteiger partial charge < -0.3 is 5.32 Å². The number of nitrogens with one attached hydrogen (secondary N) is 1. The summed E-state index contributed by atoms with van der Waals surface area (Å²) in [5.74, 6) is 2.07. The minimum Gasteiger partial charge on any atom is -0.313 e. The maximum Gasteiger partial charge on any atom is 0.138 e. The maximum atomic E-state index is 4.34. The average molecular weight is 304 g/mol. The lowest BCUT2D eigenvalue weighted by molar-refractivity contribution is 0.526. The number of aryl methyl sites for hydroxylation is 2. The largest absolute Gasteiger partial charge is 0.313 e. The molecular formula is C16H24N4S. The van der Waals surface area contributed by atoms with Crippen LogP contribution >= 0.6 is 11.8 Å². The highest BCUT2D eigenvalue weighted by molar-refractivity contribution is 7.99. The summed E-state index contributed by atoms with van der Waals surface area (Å²) in [7, 11) is 1.95. The molecule has 2 rings (SSSR count). The summed E-state index contributed by atoms with van der Waals surface area (Å²) in [6.45, 7) is 5.37. The molecule has 1 aromatic carbocycles. The van der Waals surface area contributed by atoms with Crippen LogP contribution in [0.3, 0.4) is 0 Å². The monoisotopic (exact) mass is 304 g/mol. The van der Waals surface area contributed by atoms with Gasteiger partial charge in [0, 0.05) is 30.2 Å². The molecule has 1 aromatic heterocycles. The van der Waals surface area contributed by atoms with Crippen LogP contribution in [0.4, 0.5) is 0 Å². The lowest BCUT2D eigenvalue weighted by Crippen LogP contribution is -2.34. The van der Waals surface area contributed by atoms with Crippen molar-refractivity contribution < 1.29 is 0 Å². The smallest absolute Gasteiger partial charge is 0.138 e. The van der Waals surface area contributed by atoms with E-state index in [1.165, 1.54) is 10.5 Å². The molecule has 0 amide bonds. The summed E-state index contributed by atoms with van der Waals surface area (Å²) in [6.07, 6.45) is 3.68. The highest BCUT2D eigenvalue weighted by Gasteiger charge is 2.13. The Labute approximate surface area is 131 Å². The van der Waals surface area contributed by atoms with E-state index in [1.54, 1.807) is 6.33 Å². The number of hydrogen-bond acceptors (Lipinski definition) is 4. The predicted molar refractivity (Wildman–Crippen MR) is 88.7 cm³/mol. The molecule has 0 aliphatic rings. The quantitative estimate of drug-likeness (QED) is 0.762. The number of nitrogens with zero attached hydrogens (tertiary/aromatic N) is 3. The molecule has 0 saturated carbocycles. The van der Waals surface area contributed by atoms with Crippen molar-refractivity contribution in [3.05, 3.63) is 42.0 Å². The van der Waals surface area contributed by atoms with Crippen LogP contribution in [-0.4, -0.2) is 33.1 Å². The first-order valence-electron chi connectivity index (χ1n) is 7.44. The lowest BCUT2D eigenvalue weighted by Gasteiger charge is -2.17. The van der Waals surface area contributed by atoms with Crippen LogP contribution in [-0.2, 0) is 13.5 Å². The number of thioether (sulfide) groups is 1. The van der Waals surface area contributed by atoms with Gasteiger partial charge in [-0.05, 0) is 32.0 Å². The van der Waals surface area contributed by atoms with Crippen molar-refractivity contribution in [2.45, 2.75) is 37.6 Å². The van der Waals surface area contributed by atoms with Gasteiger partial charge >= 0.3 is 0 Å². The number of aromatic nitrogens is 3. The van der Waals surface area contributed by atoms with E-state index in [-0.39, 0.29) is 0 Å². The minimum absolute atomic E-state index is 0.415. The molecule has 2 aromatic rings. The van der Waals surface area contributed by atoms with Gasteiger partial charge in [-0.15, -0.1) is 11.8 Å². The fourth-order valence-electron chi connectivity index (χ4n) is 2.17. The third kappa shape index (κ3) is 5.17. The number of hydrogen-bond donors (Lipinski definition) is 1. The van der Waals surface area contributed by atoms with Gasteiger partial charge in [-0.3, -0.25) is 4.68 Å². The Bertz CT molecular complexity index is 553. The van der Waals surface area contributed by atoms with Crippen molar-refractivity contribution in [3.63, 3.8) is 0 Å². The maximum absolute atomic E-state index is 4.34. The molecule has 0 bridgehead atoms. The Kier molecular flexibility index (Phi) is 6.26. The van der Waals surface area contributed by atoms with Crippen LogP contribution in [0.5, 0.6) is 0 Å². The van der Waals surface area contributed by atoms with Gasteiger partial charge in [-0.2, -0.15) is 5.10 Å². The third-order valence-corrected chi connectivity index (χ3v) is 4.51. The highest BCUT2D eigenvalue weighted by Crippen LogP contribution is 2.20. The summed E-state index contributed by atoms with van der Waals surface area (Å²) in [5, 5.41) is 7.77. The zero-order valence-corrected chi connectivity index (χ0v) is 13.9. The molecule has 1 atom stereocenters. The summed E-state index contributed by atoms with van der Waals surface area (Å²) >= 11 is 1.90. The molecule has 0 radical (unpaired) electrons. The molecule has 114 valence electrons. The van der Waals surface area contributed by atoms with E-state index in [0.717, 1.165) is 31.0 Å². The molecule has 0 aliphatic heterocycles. The van der Waals surface area contributed by atoms with E-state index in [2.05, 4.69) is 53.5 Å². The van der Waals surface area contributed by atoms with Crippen molar-refractivity contribution in [3.8, 4) is 0 Å². The van der Waals surface area contributed by atoms with E-state index < -0.39 is 0 Å². The Morgan fingerprint density at radius 3 is 2.90 bits per heavy atom. The zero-order chi connectivity index (χ0) is 15.1. The van der Waals surface area contributed by atoms with Gasteiger partial charge in [-0.25, -0.2) is 4.98 Å². The van der Waals surface area contributed by atoms with Crippen LogP contribution < -0.4 is 5.32 Å². The molecule has 21 heavy (non-hydrogen) atoms. The number of rotatable bonds is 8. The van der Waals surface area contributed by atoms with Crippen LogP contribution in [0, 0.1) is 6.92 Å². The Morgan fingerprint density at radius 1 is 1.38 bits per heavy atom. The zero-order valence-electron chi connectivity index (χ0n) is 13.0. The topological polar surface area (TPSA) is 42.7 Å². The van der Waals surface area contributed by atoms with Crippen molar-refractivity contribution in [1.29, 1.82) is 0 Å². The Balaban J connectivity index is 1.94. The summed E-state index contributed by atoms with van der Waals surface area (Å²) in [4.78, 5) is 5.67. The second-order valence-corrected chi connectivity index (χ2v) is 6.38. The summed E-state index contributed by atoms with van der Waals surface area (Å²) < 4.78 is 1.86. The number of benzene rings is 1. The average Bonchev–Trinajstić information content (AvgIpc) is 2.87. The highest BCUT2D eigenvalue weighted by atomic mass is 32.2. The van der Waals surface area contributed by atoms with Gasteiger partial charge in [-0.1, -0.05) is 24.6 Å². The fraction of sp³-hybridized carbons (Fsp3) is 0.500. The van der Waals surface area contributed by atoms with E-state index in [1.807, 2.05) is 23.5 Å². The molecule has 1 heterocycles. The van der Waals surface area contributed by atoms with Crippen molar-refractivity contribution in [2.75, 3.05) is 12.3 Å². The SMILES string of the molecule is CCCNC(CSc1cccc(C)c1)Cc1ncnn1C. The molecule has 1 unspecified atom stereocenters. The van der Waals surface area contributed by atoms with Crippen LogP contribution in [0.2, 0.25) is 0 Å². The fourth-order valence-corrected chi connectivity index (χ4v) is 3.24. The first-order chi connectivity index (χ1) is 10.2. The van der Waals surface area contributed by atoms with Crippen LogP contribution in [0.1, 0.15) is 24.7 Å². The molecule has 5 heteroatoms. The first kappa shape index (κ1) is 16.0. The van der Waals surface area contributed by atoms with Crippen molar-refractivity contribution >= 4 is 11.8 Å². The van der Waals surface area contributed by atoms with Gasteiger partial charge in [0.25, 0.3) is 0 Å². The van der Waals surface area contributed by atoms with Gasteiger partial charge in [0.1, 0.15) is 12.2 Å². The molecule has 0 aliphatic carbocycles. The summed E-state index contributed by atoms with van der Waals surface area (Å²) in [5.41, 5.74) is 1.31. The van der Waals surface area contributed by atoms with E-state index in [9.17, 15) is 0 Å². The first-order valence-corrected chi connectivity index (χ1v) is 8.43. The Morgan fingerprint density at radius 2 is 2.24 bits per heavy atom.